The van der Waals surface area contributed by atoms with Gasteiger partial charge in [0.2, 0.25) is 0 Å². The Morgan fingerprint density at radius 2 is 0.765 bits per heavy atom. The highest BCUT2D eigenvalue weighted by Gasteiger charge is 2.41. The van der Waals surface area contributed by atoms with E-state index in [-0.39, 0.29) is 48.7 Å². The normalized spacial score (nSPS) is 13.7. The first-order valence-electron chi connectivity index (χ1n) is 13.3. The Morgan fingerprint density at radius 1 is 0.431 bits per heavy atom. The number of aromatic hydroxyl groups is 1. The molecule has 51 heavy (non-hydrogen) atoms. The lowest BCUT2D eigenvalue weighted by Crippen LogP contribution is -2.12. The van der Waals surface area contributed by atoms with Crippen molar-refractivity contribution in [3.8, 4) is 28.0 Å². The van der Waals surface area contributed by atoms with E-state index in [9.17, 15) is 84.1 Å². The molecular formula is C31H13F18NO. The number of phenolic OH excluding ortho intramolecular Hbond substituents is 1. The molecule has 0 amide bonds. The maximum atomic E-state index is 13.7. The maximum absolute atomic E-state index is 13.7. The number of benzene rings is 4. The first-order valence-corrected chi connectivity index (χ1v) is 13.3. The molecule has 0 bridgehead atoms. The predicted molar refractivity (Wildman–Crippen MR) is 143 cm³/mol. The molecule has 4 aromatic rings. The van der Waals surface area contributed by atoms with Crippen LogP contribution in [0, 0.1) is 0 Å². The van der Waals surface area contributed by atoms with E-state index in [0.29, 0.717) is 12.1 Å². The van der Waals surface area contributed by atoms with Gasteiger partial charge in [-0.25, -0.2) is 0 Å². The molecule has 0 unspecified atom stereocenters. The topological polar surface area (TPSA) is 32.6 Å². The van der Waals surface area contributed by atoms with Gasteiger partial charge in [0, 0.05) is 22.9 Å². The van der Waals surface area contributed by atoms with E-state index >= 15 is 0 Å². The number of aliphatic imine (C=N–C) groups is 1. The van der Waals surface area contributed by atoms with Crippen molar-refractivity contribution >= 4 is 11.9 Å². The summed E-state index contributed by atoms with van der Waals surface area (Å²) in [5.41, 5.74) is -18.7. The van der Waals surface area contributed by atoms with Crippen molar-refractivity contribution in [2.24, 2.45) is 4.99 Å². The number of rotatable bonds is 4. The Kier molecular flexibility index (Phi) is 9.68. The summed E-state index contributed by atoms with van der Waals surface area (Å²) < 4.78 is 245. The highest BCUT2D eigenvalue weighted by atomic mass is 19.4. The molecule has 0 aliphatic rings. The molecule has 0 fully saturated rings. The van der Waals surface area contributed by atoms with E-state index in [0.717, 1.165) is 6.07 Å². The molecule has 0 aromatic heterocycles. The Balaban J connectivity index is 2.16. The van der Waals surface area contributed by atoms with Gasteiger partial charge < -0.3 is 5.11 Å². The Bertz CT molecular complexity index is 1820. The van der Waals surface area contributed by atoms with E-state index in [4.69, 9.17) is 0 Å². The number of nitrogens with zero attached hydrogens (tertiary/aromatic N) is 1. The van der Waals surface area contributed by atoms with Crippen molar-refractivity contribution in [2.75, 3.05) is 0 Å². The zero-order chi connectivity index (χ0) is 38.7. The van der Waals surface area contributed by atoms with E-state index in [1.54, 1.807) is 0 Å². The van der Waals surface area contributed by atoms with Crippen molar-refractivity contribution in [1.29, 1.82) is 0 Å². The van der Waals surface area contributed by atoms with Gasteiger partial charge in [-0.2, -0.15) is 79.0 Å². The molecule has 0 atom stereocenters. The Labute approximate surface area is 272 Å². The minimum Gasteiger partial charge on any atom is -0.507 e. The average molecular weight is 757 g/mol. The van der Waals surface area contributed by atoms with Crippen LogP contribution in [-0.2, 0) is 37.1 Å². The largest absolute Gasteiger partial charge is 0.507 e. The van der Waals surface area contributed by atoms with Gasteiger partial charge in [0.25, 0.3) is 0 Å². The molecule has 2 nitrogen and oxygen atoms in total. The van der Waals surface area contributed by atoms with Crippen LogP contribution in [0.5, 0.6) is 5.75 Å². The molecule has 4 rings (SSSR count). The van der Waals surface area contributed by atoms with Gasteiger partial charge in [-0.1, -0.05) is 18.2 Å². The highest BCUT2D eigenvalue weighted by Crippen LogP contribution is 2.47. The first-order chi connectivity index (χ1) is 23.0. The van der Waals surface area contributed by atoms with E-state index in [1.165, 1.54) is 0 Å². The smallest absolute Gasteiger partial charge is 0.419 e. The highest BCUT2D eigenvalue weighted by molar-refractivity contribution is 5.95. The van der Waals surface area contributed by atoms with Crippen molar-refractivity contribution in [3.63, 3.8) is 0 Å². The second-order valence-electron chi connectivity index (χ2n) is 10.5. The van der Waals surface area contributed by atoms with Gasteiger partial charge in [0.05, 0.1) is 39.1 Å². The summed E-state index contributed by atoms with van der Waals surface area (Å²) in [6.07, 6.45) is -33.1. The number of halogens is 18. The Morgan fingerprint density at radius 3 is 1.08 bits per heavy atom. The van der Waals surface area contributed by atoms with Crippen LogP contribution in [0.3, 0.4) is 0 Å². The third kappa shape index (κ3) is 8.70. The predicted octanol–water partition coefficient (Wildman–Crippen LogP) is 12.6. The monoisotopic (exact) mass is 757 g/mol. The molecule has 0 aliphatic carbocycles. The molecule has 1 N–H and O–H groups in total. The molecule has 0 saturated heterocycles. The third-order valence-corrected chi connectivity index (χ3v) is 6.94. The molecule has 0 heterocycles. The molecule has 0 spiro atoms. The molecule has 4 aromatic carbocycles. The number of para-hydroxylation sites is 1. The molecule has 274 valence electrons. The second-order valence-corrected chi connectivity index (χ2v) is 10.5. The number of alkyl halides is 18. The zero-order valence-electron chi connectivity index (χ0n) is 24.1. The summed E-state index contributed by atoms with van der Waals surface area (Å²) in [6.45, 7) is 0. The van der Waals surface area contributed by atoms with Crippen LogP contribution in [-0.4, -0.2) is 11.3 Å². The lowest BCUT2D eigenvalue weighted by molar-refractivity contribution is -0.145. The van der Waals surface area contributed by atoms with Crippen LogP contribution >= 0.6 is 0 Å². The van der Waals surface area contributed by atoms with Gasteiger partial charge in [-0.3, -0.25) is 4.99 Å². The summed E-state index contributed by atoms with van der Waals surface area (Å²) in [7, 11) is 0. The van der Waals surface area contributed by atoms with Gasteiger partial charge in [0.1, 0.15) is 5.75 Å². The van der Waals surface area contributed by atoms with Crippen LogP contribution in [0.2, 0.25) is 0 Å². The number of phenols is 1. The van der Waals surface area contributed by atoms with Crippen LogP contribution in [0.4, 0.5) is 84.7 Å². The van der Waals surface area contributed by atoms with Crippen molar-refractivity contribution < 1.29 is 84.1 Å². The second kappa shape index (κ2) is 12.7. The fraction of sp³-hybridized carbons (Fsp3) is 0.194. The maximum Gasteiger partial charge on any atom is 0.419 e. The van der Waals surface area contributed by atoms with Gasteiger partial charge in [-0.05, 0) is 59.7 Å². The van der Waals surface area contributed by atoms with Crippen LogP contribution in [0.25, 0.3) is 22.3 Å². The summed E-state index contributed by atoms with van der Waals surface area (Å²) in [5, 5.41) is 10.2. The fourth-order valence-corrected chi connectivity index (χ4v) is 4.64. The molecule has 0 aliphatic heterocycles. The quantitative estimate of drug-likeness (QED) is 0.163. The fourth-order valence-electron chi connectivity index (χ4n) is 4.64. The molecule has 20 heteroatoms. The Hall–Kier alpha value is -4.91. The minimum atomic E-state index is -5.66. The van der Waals surface area contributed by atoms with Crippen molar-refractivity contribution in [3.05, 3.63) is 106 Å². The molecular weight excluding hydrogens is 744 g/mol. The van der Waals surface area contributed by atoms with Gasteiger partial charge >= 0.3 is 37.1 Å². The number of hydrogen-bond acceptors (Lipinski definition) is 2. The van der Waals surface area contributed by atoms with Crippen LogP contribution < -0.4 is 0 Å². The van der Waals surface area contributed by atoms with Crippen molar-refractivity contribution in [1.82, 2.24) is 0 Å². The summed E-state index contributed by atoms with van der Waals surface area (Å²) >= 11 is 0. The first kappa shape index (κ1) is 38.9. The van der Waals surface area contributed by atoms with E-state index in [2.05, 4.69) is 4.99 Å². The van der Waals surface area contributed by atoms with Gasteiger partial charge in [-0.15, -0.1) is 0 Å². The van der Waals surface area contributed by atoms with Gasteiger partial charge in [0.15, 0.2) is 0 Å². The lowest BCUT2D eigenvalue weighted by atomic mass is 9.92. The zero-order valence-corrected chi connectivity index (χ0v) is 24.1. The van der Waals surface area contributed by atoms with Crippen molar-refractivity contribution in [2.45, 2.75) is 37.1 Å². The molecule has 0 saturated carbocycles. The average Bonchev–Trinajstić information content (AvgIpc) is 2.97. The summed E-state index contributed by atoms with van der Waals surface area (Å²) in [6, 6.07) is 1.13. The summed E-state index contributed by atoms with van der Waals surface area (Å²) in [4.78, 5) is 3.56. The number of hydrogen-bond donors (Lipinski definition) is 1. The summed E-state index contributed by atoms with van der Waals surface area (Å²) in [5.74, 6) is -1.92. The molecule has 0 radical (unpaired) electrons. The SMILES string of the molecule is Oc1c(C=Nc2c(-c3cc(C(F)(F)F)cc(C(F)(F)F)c3)cccc2-c2cc(C(F)(F)F)cc(C(F)(F)F)c2)cc(C(F)(F)F)cc1C(F)(F)F. The standard InChI is InChI=1S/C31H13F18NO/c32-26(33,34)16-4-13(5-17(9-16)27(35,36)37)21-2-1-3-22(14-6-18(28(38,39)40)10-19(7-14)29(41,42)43)24(21)50-12-15-8-20(30(44,45)46)11-23(25(15)51)31(47,48)49/h1-12,51H. The third-order valence-electron chi connectivity index (χ3n) is 6.94. The van der Waals surface area contributed by atoms with E-state index < -0.39 is 116 Å². The minimum absolute atomic E-state index is 0.0126. The van der Waals surface area contributed by atoms with Crippen LogP contribution in [0.1, 0.15) is 38.9 Å². The lowest BCUT2D eigenvalue weighted by Gasteiger charge is -2.19. The van der Waals surface area contributed by atoms with E-state index in [1.807, 2.05) is 0 Å². The van der Waals surface area contributed by atoms with Crippen LogP contribution in [0.15, 0.2) is 71.7 Å².